The number of benzene rings is 2. The van der Waals surface area contributed by atoms with Gasteiger partial charge in [-0.2, -0.15) is 0 Å². The van der Waals surface area contributed by atoms with E-state index in [9.17, 15) is 14.4 Å². The second kappa shape index (κ2) is 10.4. The molecule has 2 aromatic carbocycles. The molecule has 0 aliphatic rings. The fourth-order valence-corrected chi connectivity index (χ4v) is 5.08. The molecule has 33 heavy (non-hydrogen) atoms. The van der Waals surface area contributed by atoms with E-state index < -0.39 is 30.5 Å². The fraction of sp³-hybridized carbons (Fsp3) is 0.167. The maximum atomic E-state index is 12.4. The highest BCUT2D eigenvalue weighted by Crippen LogP contribution is 2.34. The van der Waals surface area contributed by atoms with Crippen molar-refractivity contribution < 1.29 is 23.9 Å². The third kappa shape index (κ3) is 5.63. The molecule has 2 heterocycles. The number of esters is 2. The first-order chi connectivity index (χ1) is 16.0. The molecule has 0 saturated heterocycles. The summed E-state index contributed by atoms with van der Waals surface area (Å²) in [5.74, 6) is -1.77. The second-order valence-electron chi connectivity index (χ2n) is 7.06. The summed E-state index contributed by atoms with van der Waals surface area (Å²) in [6.07, 6.45) is 0.268. The molecule has 0 aliphatic heterocycles. The summed E-state index contributed by atoms with van der Waals surface area (Å²) in [5.41, 5.74) is 1.77. The van der Waals surface area contributed by atoms with Gasteiger partial charge in [-0.3, -0.25) is 4.79 Å². The Morgan fingerprint density at radius 3 is 2.48 bits per heavy atom. The standard InChI is InChI=1S/C24H20N2O5S2/c1-30-23(28)17(13-15-7-3-2-4-8-15)25-21(27)14-31-24(29)20-12-11-19(32-20)22-26-16-9-5-6-10-18(16)33-22/h2-12,17H,13-14H2,1H3,(H,25,27). The monoisotopic (exact) mass is 480 g/mol. The predicted molar refractivity (Wildman–Crippen MR) is 127 cm³/mol. The summed E-state index contributed by atoms with van der Waals surface area (Å²) in [6, 6.07) is 19.7. The number of nitrogens with zero attached hydrogens (tertiary/aromatic N) is 1. The number of hydrogen-bond acceptors (Lipinski definition) is 8. The number of fused-ring (bicyclic) bond motifs is 1. The smallest absolute Gasteiger partial charge is 0.348 e. The van der Waals surface area contributed by atoms with Gasteiger partial charge < -0.3 is 14.8 Å². The maximum Gasteiger partial charge on any atom is 0.348 e. The van der Waals surface area contributed by atoms with Gasteiger partial charge in [0, 0.05) is 6.42 Å². The highest BCUT2D eigenvalue weighted by Gasteiger charge is 2.23. The lowest BCUT2D eigenvalue weighted by Gasteiger charge is -2.16. The van der Waals surface area contributed by atoms with Crippen molar-refractivity contribution >= 4 is 50.7 Å². The highest BCUT2D eigenvalue weighted by molar-refractivity contribution is 7.26. The first kappa shape index (κ1) is 22.6. The van der Waals surface area contributed by atoms with E-state index in [-0.39, 0.29) is 6.42 Å². The second-order valence-corrected chi connectivity index (χ2v) is 9.17. The van der Waals surface area contributed by atoms with Crippen LogP contribution in [-0.2, 0) is 25.5 Å². The number of hydrogen-bond donors (Lipinski definition) is 1. The van der Waals surface area contributed by atoms with Crippen molar-refractivity contribution in [2.45, 2.75) is 12.5 Å². The SMILES string of the molecule is COC(=O)C(Cc1ccccc1)NC(=O)COC(=O)c1ccc(-c2nc3ccccc3s2)s1. The predicted octanol–water partition coefficient (Wildman–Crippen LogP) is 4.08. The Balaban J connectivity index is 1.35. The van der Waals surface area contributed by atoms with Crippen LogP contribution in [-0.4, -0.2) is 42.6 Å². The van der Waals surface area contributed by atoms with Gasteiger partial charge in [0.15, 0.2) is 6.61 Å². The molecule has 1 N–H and O–H groups in total. The maximum absolute atomic E-state index is 12.4. The molecule has 9 heteroatoms. The molecule has 4 aromatic rings. The lowest BCUT2D eigenvalue weighted by Crippen LogP contribution is -2.44. The number of methoxy groups -OCH3 is 1. The number of thiazole rings is 1. The van der Waals surface area contributed by atoms with Crippen molar-refractivity contribution in [2.75, 3.05) is 13.7 Å². The van der Waals surface area contributed by atoms with Gasteiger partial charge in [-0.1, -0.05) is 42.5 Å². The number of thiophene rings is 1. The number of aromatic nitrogens is 1. The first-order valence-electron chi connectivity index (χ1n) is 10.1. The van der Waals surface area contributed by atoms with Crippen molar-refractivity contribution in [1.82, 2.24) is 10.3 Å². The number of carbonyl (C=O) groups excluding carboxylic acids is 3. The van der Waals surface area contributed by atoms with Gasteiger partial charge in [-0.15, -0.1) is 22.7 Å². The van der Waals surface area contributed by atoms with Gasteiger partial charge in [0.05, 0.1) is 22.2 Å². The molecule has 0 radical (unpaired) electrons. The molecule has 1 atom stereocenters. The van der Waals surface area contributed by atoms with Crippen LogP contribution < -0.4 is 5.32 Å². The Hall–Kier alpha value is -3.56. The van der Waals surface area contributed by atoms with Crippen LogP contribution in [0.15, 0.2) is 66.7 Å². The molecule has 0 saturated carbocycles. The Morgan fingerprint density at radius 2 is 1.73 bits per heavy atom. The largest absolute Gasteiger partial charge is 0.467 e. The van der Waals surface area contributed by atoms with Crippen LogP contribution in [0.2, 0.25) is 0 Å². The Kier molecular flexibility index (Phi) is 7.11. The highest BCUT2D eigenvalue weighted by atomic mass is 32.1. The Bertz CT molecular complexity index is 1250. The van der Waals surface area contributed by atoms with E-state index in [2.05, 4.69) is 10.3 Å². The first-order valence-corrected chi connectivity index (χ1v) is 11.7. The number of amides is 1. The summed E-state index contributed by atoms with van der Waals surface area (Å²) < 4.78 is 11.0. The zero-order chi connectivity index (χ0) is 23.2. The minimum atomic E-state index is -0.879. The summed E-state index contributed by atoms with van der Waals surface area (Å²) in [7, 11) is 1.26. The van der Waals surface area contributed by atoms with Gasteiger partial charge in [-0.25, -0.2) is 14.6 Å². The van der Waals surface area contributed by atoms with Crippen molar-refractivity contribution in [1.29, 1.82) is 0 Å². The molecule has 168 valence electrons. The third-order valence-electron chi connectivity index (χ3n) is 4.75. The van der Waals surface area contributed by atoms with Crippen LogP contribution in [0.4, 0.5) is 0 Å². The van der Waals surface area contributed by atoms with Gasteiger partial charge in [0.25, 0.3) is 5.91 Å². The van der Waals surface area contributed by atoms with Gasteiger partial charge in [0.2, 0.25) is 0 Å². The van der Waals surface area contributed by atoms with Gasteiger partial charge >= 0.3 is 11.9 Å². The Morgan fingerprint density at radius 1 is 0.970 bits per heavy atom. The fourth-order valence-electron chi connectivity index (χ4n) is 3.16. The van der Waals surface area contributed by atoms with Crippen molar-refractivity contribution in [3.63, 3.8) is 0 Å². The van der Waals surface area contributed by atoms with E-state index in [0.29, 0.717) is 4.88 Å². The van der Waals surface area contributed by atoms with Gasteiger partial charge in [0.1, 0.15) is 15.9 Å². The summed E-state index contributed by atoms with van der Waals surface area (Å²) in [6.45, 7) is -0.504. The molecule has 1 amide bonds. The lowest BCUT2D eigenvalue weighted by molar-refractivity contribution is -0.145. The van der Waals surface area contributed by atoms with Crippen molar-refractivity contribution in [3.05, 3.63) is 77.2 Å². The summed E-state index contributed by atoms with van der Waals surface area (Å²) in [5, 5.41) is 3.39. The van der Waals surface area contributed by atoms with Crippen LogP contribution in [0.25, 0.3) is 20.1 Å². The number of carbonyl (C=O) groups is 3. The average Bonchev–Trinajstić information content (AvgIpc) is 3.49. The van der Waals surface area contributed by atoms with E-state index in [4.69, 9.17) is 9.47 Å². The number of para-hydroxylation sites is 1. The number of rotatable bonds is 8. The molecule has 0 bridgehead atoms. The molecule has 7 nitrogen and oxygen atoms in total. The molecular formula is C24H20N2O5S2. The topological polar surface area (TPSA) is 94.6 Å². The average molecular weight is 481 g/mol. The number of ether oxygens (including phenoxy) is 2. The zero-order valence-corrected chi connectivity index (χ0v) is 19.3. The van der Waals surface area contributed by atoms with E-state index in [1.165, 1.54) is 18.4 Å². The lowest BCUT2D eigenvalue weighted by atomic mass is 10.1. The van der Waals surface area contributed by atoms with Crippen LogP contribution >= 0.6 is 22.7 Å². The van der Waals surface area contributed by atoms with E-state index in [1.54, 1.807) is 17.4 Å². The molecule has 1 unspecified atom stereocenters. The van der Waals surface area contributed by atoms with E-state index in [1.807, 2.05) is 60.7 Å². The quantitative estimate of drug-likeness (QED) is 0.382. The summed E-state index contributed by atoms with van der Waals surface area (Å²) >= 11 is 2.80. The van der Waals surface area contributed by atoms with Crippen LogP contribution in [0, 0.1) is 0 Å². The van der Waals surface area contributed by atoms with Crippen LogP contribution in [0.1, 0.15) is 15.2 Å². The Labute approximate surface area is 198 Å². The zero-order valence-electron chi connectivity index (χ0n) is 17.6. The third-order valence-corrected chi connectivity index (χ3v) is 7.02. The van der Waals surface area contributed by atoms with E-state index >= 15 is 0 Å². The summed E-state index contributed by atoms with van der Waals surface area (Å²) in [4.78, 5) is 42.6. The molecule has 0 fully saturated rings. The normalized spacial score (nSPS) is 11.7. The molecular weight excluding hydrogens is 460 g/mol. The van der Waals surface area contributed by atoms with E-state index in [0.717, 1.165) is 25.7 Å². The van der Waals surface area contributed by atoms with Crippen LogP contribution in [0.3, 0.4) is 0 Å². The number of nitrogens with one attached hydrogen (secondary N) is 1. The van der Waals surface area contributed by atoms with Crippen molar-refractivity contribution in [3.8, 4) is 9.88 Å². The van der Waals surface area contributed by atoms with Crippen molar-refractivity contribution in [2.24, 2.45) is 0 Å². The molecule has 4 rings (SSSR count). The minimum Gasteiger partial charge on any atom is -0.467 e. The van der Waals surface area contributed by atoms with Gasteiger partial charge in [-0.05, 0) is 29.8 Å². The molecule has 0 aliphatic carbocycles. The van der Waals surface area contributed by atoms with Crippen LogP contribution in [0.5, 0.6) is 0 Å². The minimum absolute atomic E-state index is 0.268. The molecule has 0 spiro atoms. The molecule has 2 aromatic heterocycles.